The maximum absolute atomic E-state index is 10.7. The molecule has 1 fully saturated rings. The largest absolute Gasteiger partial charge is 0.271 e. The molecule has 4 nitrogen and oxygen atoms in total. The van der Waals surface area contributed by atoms with E-state index in [1.54, 1.807) is 0 Å². The van der Waals surface area contributed by atoms with Gasteiger partial charge in [0.15, 0.2) is 9.84 Å². The number of hydrogen-bond acceptors (Lipinski definition) is 4. The zero-order valence-corrected chi connectivity index (χ0v) is 5.82. The molecule has 1 unspecified atom stereocenters. The average molecular weight is 150 g/mol. The number of sulfone groups is 1. The number of nitrogens with one attached hydrogen (secondary N) is 1. The number of nitrogens with two attached hydrogens (primary N) is 1. The minimum absolute atomic E-state index is 0.0185. The molecule has 0 amide bonds. The highest BCUT2D eigenvalue weighted by Gasteiger charge is 2.26. The molecule has 54 valence electrons. The summed E-state index contributed by atoms with van der Waals surface area (Å²) in [7, 11) is -2.75. The molecule has 3 N–H and O–H groups in total. The number of rotatable bonds is 1. The Morgan fingerprint density at radius 3 is 2.44 bits per heavy atom. The third kappa shape index (κ3) is 1.64. The van der Waals surface area contributed by atoms with Crippen LogP contribution in [0.25, 0.3) is 0 Å². The predicted octanol–water partition coefficient (Wildman–Crippen LogP) is -1.36. The molecule has 1 atom stereocenters. The Hall–Kier alpha value is -0.130. The van der Waals surface area contributed by atoms with Gasteiger partial charge in [-0.2, -0.15) is 0 Å². The quantitative estimate of drug-likeness (QED) is 0.357. The van der Waals surface area contributed by atoms with Gasteiger partial charge in [0.25, 0.3) is 0 Å². The van der Waals surface area contributed by atoms with E-state index in [1.165, 1.54) is 0 Å². The lowest BCUT2D eigenvalue weighted by atomic mass is 10.3. The first-order valence-corrected chi connectivity index (χ1v) is 4.63. The van der Waals surface area contributed by atoms with Gasteiger partial charge >= 0.3 is 0 Å². The average Bonchev–Trinajstić information content (AvgIpc) is 2.10. The zero-order chi connectivity index (χ0) is 6.91. The molecule has 1 aliphatic rings. The van der Waals surface area contributed by atoms with Gasteiger partial charge in [-0.15, -0.1) is 0 Å². The molecule has 0 aliphatic carbocycles. The first kappa shape index (κ1) is 6.98. The van der Waals surface area contributed by atoms with Gasteiger partial charge in [0.05, 0.1) is 11.5 Å². The van der Waals surface area contributed by atoms with Gasteiger partial charge in [-0.25, -0.2) is 8.42 Å². The van der Waals surface area contributed by atoms with Crippen molar-refractivity contribution in [2.24, 2.45) is 5.84 Å². The second kappa shape index (κ2) is 2.24. The Morgan fingerprint density at radius 2 is 2.22 bits per heavy atom. The summed E-state index contributed by atoms with van der Waals surface area (Å²) >= 11 is 0. The van der Waals surface area contributed by atoms with E-state index in [4.69, 9.17) is 5.84 Å². The van der Waals surface area contributed by atoms with Crippen LogP contribution in [0, 0.1) is 0 Å². The zero-order valence-electron chi connectivity index (χ0n) is 5.00. The van der Waals surface area contributed by atoms with Crippen molar-refractivity contribution in [3.8, 4) is 0 Å². The number of hydrogen-bond donors (Lipinski definition) is 2. The molecule has 0 aromatic heterocycles. The van der Waals surface area contributed by atoms with E-state index < -0.39 is 9.84 Å². The third-order valence-electron chi connectivity index (χ3n) is 1.47. The van der Waals surface area contributed by atoms with Gasteiger partial charge in [-0.05, 0) is 6.42 Å². The van der Waals surface area contributed by atoms with Crippen molar-refractivity contribution in [3.63, 3.8) is 0 Å². The molecule has 0 saturated carbocycles. The Kier molecular flexibility index (Phi) is 1.74. The minimum Gasteiger partial charge on any atom is -0.271 e. The lowest BCUT2D eigenvalue weighted by Crippen LogP contribution is -2.35. The van der Waals surface area contributed by atoms with E-state index in [9.17, 15) is 8.42 Å². The molecule has 0 aromatic carbocycles. The van der Waals surface area contributed by atoms with E-state index in [2.05, 4.69) is 5.43 Å². The molecule has 0 radical (unpaired) electrons. The van der Waals surface area contributed by atoms with Gasteiger partial charge in [0.2, 0.25) is 0 Å². The first-order chi connectivity index (χ1) is 4.14. The number of hydrazine groups is 1. The van der Waals surface area contributed by atoms with E-state index >= 15 is 0 Å². The predicted molar refractivity (Wildman–Crippen MR) is 34.4 cm³/mol. The van der Waals surface area contributed by atoms with E-state index in [0.29, 0.717) is 6.42 Å². The summed E-state index contributed by atoms with van der Waals surface area (Å²) in [5, 5.41) is 0. The third-order valence-corrected chi connectivity index (χ3v) is 3.24. The fourth-order valence-electron chi connectivity index (χ4n) is 0.926. The molecule has 1 saturated heterocycles. The van der Waals surface area contributed by atoms with Crippen LogP contribution in [-0.2, 0) is 9.84 Å². The van der Waals surface area contributed by atoms with E-state index in [1.807, 2.05) is 0 Å². The Bertz CT molecular complexity index is 187. The van der Waals surface area contributed by atoms with Crippen LogP contribution in [0.1, 0.15) is 6.42 Å². The SMILES string of the molecule is NNC1CCS(=O)(=O)C1. The topological polar surface area (TPSA) is 72.2 Å². The van der Waals surface area contributed by atoms with Crippen molar-refractivity contribution in [1.82, 2.24) is 5.43 Å². The summed E-state index contributed by atoms with van der Waals surface area (Å²) in [5.74, 6) is 5.52. The van der Waals surface area contributed by atoms with Gasteiger partial charge in [-0.1, -0.05) is 0 Å². The molecule has 9 heavy (non-hydrogen) atoms. The molecule has 1 heterocycles. The fraction of sp³-hybridized carbons (Fsp3) is 1.00. The second-order valence-corrected chi connectivity index (χ2v) is 4.50. The molecular weight excluding hydrogens is 140 g/mol. The maximum Gasteiger partial charge on any atom is 0.151 e. The highest BCUT2D eigenvalue weighted by Crippen LogP contribution is 2.09. The van der Waals surface area contributed by atoms with Gasteiger partial charge in [-0.3, -0.25) is 11.3 Å². The van der Waals surface area contributed by atoms with E-state index in [0.717, 1.165) is 0 Å². The lowest BCUT2D eigenvalue weighted by Gasteiger charge is -2.01. The lowest BCUT2D eigenvalue weighted by molar-refractivity contribution is 0.575. The van der Waals surface area contributed by atoms with Crippen molar-refractivity contribution in [1.29, 1.82) is 0 Å². The van der Waals surface area contributed by atoms with Crippen molar-refractivity contribution < 1.29 is 8.42 Å². The van der Waals surface area contributed by atoms with Gasteiger partial charge in [0.1, 0.15) is 0 Å². The molecule has 0 spiro atoms. The standard InChI is InChI=1S/C4H10N2O2S/c5-6-4-1-2-9(7,8)3-4/h4,6H,1-3,5H2. The van der Waals surface area contributed by atoms with Crippen LogP contribution >= 0.6 is 0 Å². The second-order valence-electron chi connectivity index (χ2n) is 2.27. The van der Waals surface area contributed by atoms with Crippen molar-refractivity contribution >= 4 is 9.84 Å². The van der Waals surface area contributed by atoms with Crippen molar-refractivity contribution in [3.05, 3.63) is 0 Å². The summed E-state index contributed by atoms with van der Waals surface area (Å²) < 4.78 is 21.4. The Morgan fingerprint density at radius 1 is 1.56 bits per heavy atom. The first-order valence-electron chi connectivity index (χ1n) is 2.80. The summed E-state index contributed by atoms with van der Waals surface area (Å²) in [6.07, 6.45) is 0.652. The highest BCUT2D eigenvalue weighted by atomic mass is 32.2. The van der Waals surface area contributed by atoms with E-state index in [-0.39, 0.29) is 17.5 Å². The Balaban J connectivity index is 2.58. The highest BCUT2D eigenvalue weighted by molar-refractivity contribution is 7.91. The summed E-state index contributed by atoms with van der Waals surface area (Å²) in [5.41, 5.74) is 2.44. The van der Waals surface area contributed by atoms with Crippen LogP contribution in [0.15, 0.2) is 0 Å². The molecule has 1 rings (SSSR count). The van der Waals surface area contributed by atoms with Crippen LogP contribution < -0.4 is 11.3 Å². The molecule has 0 bridgehead atoms. The smallest absolute Gasteiger partial charge is 0.151 e. The van der Waals surface area contributed by atoms with Gasteiger partial charge in [0, 0.05) is 6.04 Å². The Labute approximate surface area is 54.3 Å². The van der Waals surface area contributed by atoms with Crippen LogP contribution in [0.2, 0.25) is 0 Å². The van der Waals surface area contributed by atoms with Crippen LogP contribution in [0.3, 0.4) is 0 Å². The maximum atomic E-state index is 10.7. The van der Waals surface area contributed by atoms with Gasteiger partial charge < -0.3 is 0 Å². The van der Waals surface area contributed by atoms with Crippen LogP contribution in [0.4, 0.5) is 0 Å². The summed E-state index contributed by atoms with van der Waals surface area (Å²) in [6, 6.07) is -0.0185. The summed E-state index contributed by atoms with van der Waals surface area (Å²) in [6.45, 7) is 0. The van der Waals surface area contributed by atoms with Crippen molar-refractivity contribution in [2.75, 3.05) is 11.5 Å². The molecular formula is C4H10N2O2S. The van der Waals surface area contributed by atoms with Crippen molar-refractivity contribution in [2.45, 2.75) is 12.5 Å². The molecule has 0 aromatic rings. The summed E-state index contributed by atoms with van der Waals surface area (Å²) in [4.78, 5) is 0. The van der Waals surface area contributed by atoms with Crippen LogP contribution in [-0.4, -0.2) is 26.0 Å². The van der Waals surface area contributed by atoms with Crippen LogP contribution in [0.5, 0.6) is 0 Å². The minimum atomic E-state index is -2.75. The normalized spacial score (nSPS) is 32.8. The fourth-order valence-corrected chi connectivity index (χ4v) is 2.61. The molecule has 5 heteroatoms. The monoisotopic (exact) mass is 150 g/mol. The molecule has 1 aliphatic heterocycles.